The summed E-state index contributed by atoms with van der Waals surface area (Å²) in [6.07, 6.45) is 0.433. The van der Waals surface area contributed by atoms with Crippen LogP contribution >= 0.6 is 34.8 Å². The third-order valence-corrected chi connectivity index (χ3v) is 5.70. The van der Waals surface area contributed by atoms with E-state index in [0.717, 1.165) is 6.42 Å². The molecular weight excluding hydrogens is 423 g/mol. The minimum Gasteiger partial charge on any atom is -0.387 e. The van der Waals surface area contributed by atoms with Crippen LogP contribution < -0.4 is 5.32 Å². The molecule has 2 aromatic carbocycles. The van der Waals surface area contributed by atoms with E-state index in [1.807, 2.05) is 0 Å². The first-order chi connectivity index (χ1) is 13.4. The fourth-order valence-corrected chi connectivity index (χ4v) is 3.62. The molecule has 1 aliphatic rings. The molecule has 2 amide bonds. The first-order valence-corrected chi connectivity index (χ1v) is 9.97. The normalized spacial score (nSPS) is 17.4. The standard InChI is InChI=1S/C20H19Cl3N2O3/c21-14-6-3-12(4-7-14)18(26)11-24-19(27)17-2-1-9-25(17)20(28)13-5-8-15(22)16(23)10-13/h3-8,10,17-18,26H,1-2,9,11H2,(H,24,27). The third kappa shape index (κ3) is 4.78. The van der Waals surface area contributed by atoms with Gasteiger partial charge in [0.25, 0.3) is 5.91 Å². The second-order valence-electron chi connectivity index (χ2n) is 6.60. The number of amides is 2. The van der Waals surface area contributed by atoms with Crippen LogP contribution in [0, 0.1) is 0 Å². The summed E-state index contributed by atoms with van der Waals surface area (Å²) < 4.78 is 0. The van der Waals surface area contributed by atoms with Crippen LogP contribution in [0.5, 0.6) is 0 Å². The van der Waals surface area contributed by atoms with Crippen molar-refractivity contribution in [1.82, 2.24) is 10.2 Å². The Balaban J connectivity index is 1.63. The average molecular weight is 442 g/mol. The van der Waals surface area contributed by atoms with E-state index in [2.05, 4.69) is 5.32 Å². The summed E-state index contributed by atoms with van der Waals surface area (Å²) >= 11 is 17.7. The molecule has 1 fully saturated rings. The molecule has 3 rings (SSSR count). The number of halogens is 3. The van der Waals surface area contributed by atoms with E-state index >= 15 is 0 Å². The van der Waals surface area contributed by atoms with Crippen LogP contribution in [0.4, 0.5) is 0 Å². The minimum absolute atomic E-state index is 0.0474. The van der Waals surface area contributed by atoms with Gasteiger partial charge in [0.2, 0.25) is 5.91 Å². The van der Waals surface area contributed by atoms with E-state index in [0.29, 0.717) is 39.2 Å². The molecule has 2 atom stereocenters. The molecule has 1 aliphatic heterocycles. The monoisotopic (exact) mass is 440 g/mol. The van der Waals surface area contributed by atoms with Gasteiger partial charge in [-0.05, 0) is 48.7 Å². The first-order valence-electron chi connectivity index (χ1n) is 8.84. The van der Waals surface area contributed by atoms with E-state index in [9.17, 15) is 14.7 Å². The Morgan fingerprint density at radius 1 is 1.11 bits per heavy atom. The van der Waals surface area contributed by atoms with Gasteiger partial charge >= 0.3 is 0 Å². The highest BCUT2D eigenvalue weighted by molar-refractivity contribution is 6.42. The highest BCUT2D eigenvalue weighted by Crippen LogP contribution is 2.26. The first kappa shape index (κ1) is 20.9. The smallest absolute Gasteiger partial charge is 0.254 e. The van der Waals surface area contributed by atoms with E-state index in [4.69, 9.17) is 34.8 Å². The minimum atomic E-state index is -0.859. The molecule has 1 heterocycles. The molecule has 2 aromatic rings. The second-order valence-corrected chi connectivity index (χ2v) is 7.85. The maximum Gasteiger partial charge on any atom is 0.254 e. The zero-order chi connectivity index (χ0) is 20.3. The van der Waals surface area contributed by atoms with Crippen molar-refractivity contribution < 1.29 is 14.7 Å². The van der Waals surface area contributed by atoms with E-state index in [1.165, 1.54) is 11.0 Å². The van der Waals surface area contributed by atoms with E-state index in [1.54, 1.807) is 36.4 Å². The van der Waals surface area contributed by atoms with Gasteiger partial charge in [0.1, 0.15) is 6.04 Å². The molecular formula is C20H19Cl3N2O3. The Morgan fingerprint density at radius 2 is 1.82 bits per heavy atom. The molecule has 148 valence electrons. The molecule has 2 N–H and O–H groups in total. The number of rotatable bonds is 5. The van der Waals surface area contributed by atoms with Gasteiger partial charge in [0, 0.05) is 23.7 Å². The summed E-state index contributed by atoms with van der Waals surface area (Å²) in [5.74, 6) is -0.562. The van der Waals surface area contributed by atoms with Gasteiger partial charge < -0.3 is 15.3 Å². The number of hydrogen-bond donors (Lipinski definition) is 2. The van der Waals surface area contributed by atoms with Crippen LogP contribution in [-0.2, 0) is 4.79 Å². The predicted molar refractivity (Wildman–Crippen MR) is 110 cm³/mol. The summed E-state index contributed by atoms with van der Waals surface area (Å²) in [7, 11) is 0. The van der Waals surface area contributed by atoms with Gasteiger partial charge in [-0.1, -0.05) is 46.9 Å². The number of carbonyl (C=O) groups excluding carboxylic acids is 2. The summed E-state index contributed by atoms with van der Waals surface area (Å²) in [5, 5.41) is 14.2. The molecule has 28 heavy (non-hydrogen) atoms. The summed E-state index contributed by atoms with van der Waals surface area (Å²) in [4.78, 5) is 26.9. The number of aliphatic hydroxyl groups is 1. The van der Waals surface area contributed by atoms with E-state index < -0.39 is 12.1 Å². The van der Waals surface area contributed by atoms with Gasteiger partial charge in [-0.2, -0.15) is 0 Å². The number of aliphatic hydroxyl groups excluding tert-OH is 1. The molecule has 0 spiro atoms. The topological polar surface area (TPSA) is 69.6 Å². The summed E-state index contributed by atoms with van der Waals surface area (Å²) in [6.45, 7) is 0.530. The van der Waals surface area contributed by atoms with Crippen LogP contribution in [0.15, 0.2) is 42.5 Å². The van der Waals surface area contributed by atoms with Gasteiger partial charge in [0.05, 0.1) is 16.1 Å². The van der Waals surface area contributed by atoms with Crippen LogP contribution in [0.3, 0.4) is 0 Å². The fourth-order valence-electron chi connectivity index (χ4n) is 3.20. The maximum absolute atomic E-state index is 12.8. The quantitative estimate of drug-likeness (QED) is 0.734. The van der Waals surface area contributed by atoms with Gasteiger partial charge in [0.15, 0.2) is 0 Å². The molecule has 2 unspecified atom stereocenters. The Bertz CT molecular complexity index is 873. The summed E-state index contributed by atoms with van der Waals surface area (Å²) in [5.41, 5.74) is 1.04. The number of likely N-dealkylation sites (tertiary alicyclic amines) is 1. The van der Waals surface area contributed by atoms with Crippen molar-refractivity contribution in [2.45, 2.75) is 25.0 Å². The predicted octanol–water partition coefficient (Wildman–Crippen LogP) is 4.10. The largest absolute Gasteiger partial charge is 0.387 e. The molecule has 8 heteroatoms. The van der Waals surface area contributed by atoms with Crippen molar-refractivity contribution in [2.75, 3.05) is 13.1 Å². The number of nitrogens with one attached hydrogen (secondary N) is 1. The van der Waals surface area contributed by atoms with Gasteiger partial charge in [-0.25, -0.2) is 0 Å². The lowest BCUT2D eigenvalue weighted by atomic mass is 10.1. The Labute approximate surface area is 178 Å². The lowest BCUT2D eigenvalue weighted by Gasteiger charge is -2.24. The SMILES string of the molecule is O=C(NCC(O)c1ccc(Cl)cc1)C1CCCN1C(=O)c1ccc(Cl)c(Cl)c1. The van der Waals surface area contributed by atoms with Crippen molar-refractivity contribution in [2.24, 2.45) is 0 Å². The lowest BCUT2D eigenvalue weighted by Crippen LogP contribution is -2.46. The highest BCUT2D eigenvalue weighted by Gasteiger charge is 2.34. The Kier molecular flexibility index (Phi) is 6.83. The molecule has 5 nitrogen and oxygen atoms in total. The molecule has 0 aromatic heterocycles. The summed E-state index contributed by atoms with van der Waals surface area (Å²) in [6, 6.07) is 10.8. The number of nitrogens with zero attached hydrogens (tertiary/aromatic N) is 1. The Hall–Kier alpha value is -1.79. The third-order valence-electron chi connectivity index (χ3n) is 4.71. The molecule has 0 bridgehead atoms. The average Bonchev–Trinajstić information content (AvgIpc) is 3.18. The Morgan fingerprint density at radius 3 is 2.50 bits per heavy atom. The van der Waals surface area contributed by atoms with Crippen molar-refractivity contribution >= 4 is 46.6 Å². The number of carbonyl (C=O) groups is 2. The molecule has 1 saturated heterocycles. The van der Waals surface area contributed by atoms with Crippen LogP contribution in [0.1, 0.15) is 34.9 Å². The van der Waals surface area contributed by atoms with Crippen molar-refractivity contribution in [3.63, 3.8) is 0 Å². The lowest BCUT2D eigenvalue weighted by molar-refractivity contribution is -0.125. The zero-order valence-electron chi connectivity index (χ0n) is 14.9. The number of benzene rings is 2. The van der Waals surface area contributed by atoms with Gasteiger partial charge in [-0.15, -0.1) is 0 Å². The highest BCUT2D eigenvalue weighted by atomic mass is 35.5. The molecule has 0 radical (unpaired) electrons. The maximum atomic E-state index is 12.8. The second kappa shape index (κ2) is 9.14. The van der Waals surface area contributed by atoms with Crippen molar-refractivity contribution in [3.8, 4) is 0 Å². The number of hydrogen-bond acceptors (Lipinski definition) is 3. The van der Waals surface area contributed by atoms with Crippen LogP contribution in [0.2, 0.25) is 15.1 Å². The van der Waals surface area contributed by atoms with E-state index in [-0.39, 0.29) is 18.4 Å². The van der Waals surface area contributed by atoms with Crippen LogP contribution in [-0.4, -0.2) is 41.0 Å². The van der Waals surface area contributed by atoms with Gasteiger partial charge in [-0.3, -0.25) is 9.59 Å². The molecule has 0 aliphatic carbocycles. The molecule has 0 saturated carbocycles. The van der Waals surface area contributed by atoms with Crippen molar-refractivity contribution in [1.29, 1.82) is 0 Å². The van der Waals surface area contributed by atoms with Crippen molar-refractivity contribution in [3.05, 3.63) is 68.7 Å². The fraction of sp³-hybridized carbons (Fsp3) is 0.300. The van der Waals surface area contributed by atoms with Crippen LogP contribution in [0.25, 0.3) is 0 Å². The zero-order valence-corrected chi connectivity index (χ0v) is 17.1.